The molecule has 6 nitrogen and oxygen atoms in total. The molecule has 0 radical (unpaired) electrons. The monoisotopic (exact) mass is 300 g/mol. The molecule has 3 rings (SSSR count). The zero-order valence-corrected chi connectivity index (χ0v) is 11.4. The zero-order chi connectivity index (χ0) is 14.8. The van der Waals surface area contributed by atoms with Gasteiger partial charge in [-0.05, 0) is 36.4 Å². The van der Waals surface area contributed by atoms with Crippen LogP contribution in [0.3, 0.4) is 0 Å². The van der Waals surface area contributed by atoms with Crippen molar-refractivity contribution in [2.24, 2.45) is 0 Å². The van der Waals surface area contributed by atoms with Gasteiger partial charge in [-0.15, -0.1) is 0 Å². The molecule has 0 aliphatic rings. The minimum atomic E-state index is -0.437. The lowest BCUT2D eigenvalue weighted by Gasteiger charge is -2.06. The van der Waals surface area contributed by atoms with E-state index >= 15 is 0 Å². The first-order valence-electron chi connectivity index (χ1n) is 6.06. The molecule has 0 fully saturated rings. The Kier molecular flexibility index (Phi) is 3.37. The molecule has 7 heteroatoms. The Morgan fingerprint density at radius 3 is 2.33 bits per heavy atom. The summed E-state index contributed by atoms with van der Waals surface area (Å²) >= 11 is 5.87. The summed E-state index contributed by atoms with van der Waals surface area (Å²) in [5.41, 5.74) is 1.59. The summed E-state index contributed by atoms with van der Waals surface area (Å²) in [4.78, 5) is 14.5. The molecule has 0 amide bonds. The minimum absolute atomic E-state index is 0.0382. The van der Waals surface area contributed by atoms with Crippen LogP contribution in [-0.2, 0) is 0 Å². The molecule has 0 N–H and O–H groups in total. The van der Waals surface area contributed by atoms with E-state index in [0.29, 0.717) is 10.8 Å². The molecule has 0 unspecified atom stereocenters. The second-order valence-corrected chi connectivity index (χ2v) is 4.71. The summed E-state index contributed by atoms with van der Waals surface area (Å²) in [6, 6.07) is 13.4. The van der Waals surface area contributed by atoms with Gasteiger partial charge in [-0.25, -0.2) is 9.67 Å². The van der Waals surface area contributed by atoms with Gasteiger partial charge in [0, 0.05) is 22.7 Å². The van der Waals surface area contributed by atoms with Gasteiger partial charge >= 0.3 is 0 Å². The fourth-order valence-corrected chi connectivity index (χ4v) is 2.07. The van der Waals surface area contributed by atoms with Crippen molar-refractivity contribution in [3.8, 4) is 17.1 Å². The molecule has 0 atom stereocenters. The number of nitrogens with zero attached hydrogens (tertiary/aromatic N) is 4. The van der Waals surface area contributed by atoms with Crippen LogP contribution in [0.4, 0.5) is 5.69 Å². The number of non-ortho nitro benzene ring substituents is 1. The lowest BCUT2D eigenvalue weighted by molar-refractivity contribution is -0.384. The highest BCUT2D eigenvalue weighted by molar-refractivity contribution is 6.30. The maximum Gasteiger partial charge on any atom is 0.269 e. The molecule has 0 saturated heterocycles. The quantitative estimate of drug-likeness (QED) is 0.548. The van der Waals surface area contributed by atoms with Crippen molar-refractivity contribution in [2.45, 2.75) is 0 Å². The largest absolute Gasteiger partial charge is 0.269 e. The van der Waals surface area contributed by atoms with Crippen LogP contribution >= 0.6 is 11.6 Å². The molecule has 1 aromatic heterocycles. The van der Waals surface area contributed by atoms with Crippen LogP contribution in [-0.4, -0.2) is 19.7 Å². The van der Waals surface area contributed by atoms with E-state index < -0.39 is 4.92 Å². The van der Waals surface area contributed by atoms with Crippen LogP contribution in [0.5, 0.6) is 0 Å². The van der Waals surface area contributed by atoms with E-state index in [1.165, 1.54) is 18.5 Å². The molecule has 0 saturated carbocycles. The Morgan fingerprint density at radius 2 is 1.71 bits per heavy atom. The van der Waals surface area contributed by atoms with Crippen LogP contribution in [0, 0.1) is 10.1 Å². The summed E-state index contributed by atoms with van der Waals surface area (Å²) in [7, 11) is 0. The maximum absolute atomic E-state index is 10.7. The number of rotatable bonds is 3. The maximum atomic E-state index is 10.7. The van der Waals surface area contributed by atoms with E-state index in [4.69, 9.17) is 11.6 Å². The normalized spacial score (nSPS) is 10.5. The molecular formula is C14H9ClN4O2. The van der Waals surface area contributed by atoms with Crippen molar-refractivity contribution in [1.29, 1.82) is 0 Å². The molecule has 104 valence electrons. The van der Waals surface area contributed by atoms with Gasteiger partial charge in [0.2, 0.25) is 0 Å². The molecule has 0 bridgehead atoms. The van der Waals surface area contributed by atoms with Gasteiger partial charge in [-0.2, -0.15) is 5.10 Å². The Bertz CT molecular complexity index is 781. The van der Waals surface area contributed by atoms with E-state index in [1.807, 2.05) is 12.1 Å². The van der Waals surface area contributed by atoms with E-state index in [0.717, 1.165) is 11.3 Å². The number of benzene rings is 2. The van der Waals surface area contributed by atoms with Crippen molar-refractivity contribution in [1.82, 2.24) is 14.8 Å². The first kappa shape index (κ1) is 13.3. The van der Waals surface area contributed by atoms with Crippen LogP contribution < -0.4 is 0 Å². The summed E-state index contributed by atoms with van der Waals surface area (Å²) in [5, 5.41) is 15.5. The van der Waals surface area contributed by atoms with E-state index in [1.54, 1.807) is 28.9 Å². The topological polar surface area (TPSA) is 73.8 Å². The third-order valence-electron chi connectivity index (χ3n) is 2.96. The van der Waals surface area contributed by atoms with Crippen LogP contribution in [0.15, 0.2) is 54.9 Å². The lowest BCUT2D eigenvalue weighted by Crippen LogP contribution is -1.99. The van der Waals surface area contributed by atoms with Crippen molar-refractivity contribution in [2.75, 3.05) is 0 Å². The van der Waals surface area contributed by atoms with Gasteiger partial charge in [-0.1, -0.05) is 11.6 Å². The number of halogens is 1. The third-order valence-corrected chi connectivity index (χ3v) is 3.21. The van der Waals surface area contributed by atoms with Crippen molar-refractivity contribution < 1.29 is 4.92 Å². The first-order valence-corrected chi connectivity index (χ1v) is 6.44. The highest BCUT2D eigenvalue weighted by atomic mass is 35.5. The highest BCUT2D eigenvalue weighted by Gasteiger charge is 2.11. The Hall–Kier alpha value is -2.73. The van der Waals surface area contributed by atoms with Crippen LogP contribution in [0.1, 0.15) is 0 Å². The SMILES string of the molecule is O=[N+]([O-])c1ccc(-c2ncnn2-c2ccc(Cl)cc2)cc1. The second kappa shape index (κ2) is 5.34. The average molecular weight is 301 g/mol. The Morgan fingerprint density at radius 1 is 1.05 bits per heavy atom. The molecular weight excluding hydrogens is 292 g/mol. The van der Waals surface area contributed by atoms with Crippen molar-refractivity contribution in [3.63, 3.8) is 0 Å². The summed E-state index contributed by atoms with van der Waals surface area (Å²) in [5.74, 6) is 0.604. The van der Waals surface area contributed by atoms with Gasteiger partial charge in [0.1, 0.15) is 6.33 Å². The van der Waals surface area contributed by atoms with Crippen molar-refractivity contribution >= 4 is 17.3 Å². The lowest BCUT2D eigenvalue weighted by atomic mass is 10.2. The average Bonchev–Trinajstić information content (AvgIpc) is 2.97. The third kappa shape index (κ3) is 2.61. The number of nitro benzene ring substituents is 1. The number of hydrogen-bond donors (Lipinski definition) is 0. The summed E-state index contributed by atoms with van der Waals surface area (Å²) in [6.07, 6.45) is 1.44. The first-order chi connectivity index (χ1) is 10.1. The molecule has 1 heterocycles. The smallest absolute Gasteiger partial charge is 0.258 e. The molecule has 0 aliphatic carbocycles. The zero-order valence-electron chi connectivity index (χ0n) is 10.7. The van der Waals surface area contributed by atoms with Gasteiger partial charge in [0.25, 0.3) is 5.69 Å². The second-order valence-electron chi connectivity index (χ2n) is 4.28. The molecule has 0 spiro atoms. The number of aromatic nitrogens is 3. The van der Waals surface area contributed by atoms with Gasteiger partial charge in [0.15, 0.2) is 5.82 Å². The number of hydrogen-bond acceptors (Lipinski definition) is 4. The Labute approximate surface area is 124 Å². The van der Waals surface area contributed by atoms with E-state index in [9.17, 15) is 10.1 Å². The van der Waals surface area contributed by atoms with E-state index in [-0.39, 0.29) is 5.69 Å². The summed E-state index contributed by atoms with van der Waals surface area (Å²) < 4.78 is 1.65. The molecule has 21 heavy (non-hydrogen) atoms. The van der Waals surface area contributed by atoms with Gasteiger partial charge < -0.3 is 0 Å². The standard InChI is InChI=1S/C14H9ClN4O2/c15-11-3-7-12(8-4-11)18-14(16-9-17-18)10-1-5-13(6-2-10)19(20)21/h1-9H. The highest BCUT2D eigenvalue weighted by Crippen LogP contribution is 2.23. The minimum Gasteiger partial charge on any atom is -0.258 e. The predicted molar refractivity (Wildman–Crippen MR) is 78.5 cm³/mol. The fraction of sp³-hybridized carbons (Fsp3) is 0. The van der Waals surface area contributed by atoms with Gasteiger partial charge in [-0.3, -0.25) is 10.1 Å². The Balaban J connectivity index is 2.02. The van der Waals surface area contributed by atoms with Crippen LogP contribution in [0.25, 0.3) is 17.1 Å². The van der Waals surface area contributed by atoms with Crippen LogP contribution in [0.2, 0.25) is 5.02 Å². The predicted octanol–water partition coefficient (Wildman–Crippen LogP) is 3.50. The fourth-order valence-electron chi connectivity index (χ4n) is 1.94. The summed E-state index contributed by atoms with van der Waals surface area (Å²) in [6.45, 7) is 0. The van der Waals surface area contributed by atoms with E-state index in [2.05, 4.69) is 10.1 Å². The molecule has 2 aromatic carbocycles. The molecule has 0 aliphatic heterocycles. The molecule has 3 aromatic rings. The van der Waals surface area contributed by atoms with Crippen molar-refractivity contribution in [3.05, 3.63) is 70.0 Å². The number of nitro groups is 1. The van der Waals surface area contributed by atoms with Gasteiger partial charge in [0.05, 0.1) is 10.6 Å².